The molecule has 0 bridgehead atoms. The molecule has 16 heavy (non-hydrogen) atoms. The highest BCUT2D eigenvalue weighted by Crippen LogP contribution is 2.12. The lowest BCUT2D eigenvalue weighted by Gasteiger charge is -2.32. The van der Waals surface area contributed by atoms with Gasteiger partial charge in [0, 0.05) is 18.6 Å². The molecule has 2 N–H and O–H groups in total. The summed E-state index contributed by atoms with van der Waals surface area (Å²) in [5.74, 6) is 0. The molecule has 0 spiro atoms. The molecule has 0 aliphatic carbocycles. The summed E-state index contributed by atoms with van der Waals surface area (Å²) in [7, 11) is 0.734. The fourth-order valence-electron chi connectivity index (χ4n) is 1.45. The molecule has 1 atom stereocenters. The van der Waals surface area contributed by atoms with Gasteiger partial charge in [-0.15, -0.1) is 0 Å². The lowest BCUT2D eigenvalue weighted by Crippen LogP contribution is -2.50. The maximum absolute atomic E-state index is 11.9. The quantitative estimate of drug-likeness (QED) is 0.696. The van der Waals surface area contributed by atoms with Crippen LogP contribution in [0.3, 0.4) is 0 Å². The molecule has 1 heterocycles. The molecule has 6 heteroatoms. The number of hydrogen-bond acceptors (Lipinski definition) is 4. The monoisotopic (exact) mass is 249 g/mol. The second-order valence-corrected chi connectivity index (χ2v) is 7.23. The van der Waals surface area contributed by atoms with Crippen LogP contribution in [-0.2, 0) is 10.0 Å². The van der Waals surface area contributed by atoms with E-state index in [-0.39, 0.29) is 10.8 Å². The van der Waals surface area contributed by atoms with Crippen LogP contribution in [0, 0.1) is 0 Å². The Hall–Kier alpha value is -0.170. The van der Waals surface area contributed by atoms with Gasteiger partial charge < -0.3 is 10.2 Å². The van der Waals surface area contributed by atoms with Crippen LogP contribution in [0.4, 0.5) is 0 Å². The minimum Gasteiger partial charge on any atom is -0.315 e. The highest BCUT2D eigenvalue weighted by Gasteiger charge is 2.30. The van der Waals surface area contributed by atoms with Crippen molar-refractivity contribution < 1.29 is 8.42 Å². The first-order valence-corrected chi connectivity index (χ1v) is 7.17. The molecular formula is C10H23N3O2S. The molecule has 1 rings (SSSR count). The van der Waals surface area contributed by atoms with Gasteiger partial charge in [0.1, 0.15) is 0 Å². The van der Waals surface area contributed by atoms with E-state index < -0.39 is 10.0 Å². The van der Waals surface area contributed by atoms with Crippen molar-refractivity contribution in [2.24, 2.45) is 0 Å². The van der Waals surface area contributed by atoms with Crippen LogP contribution in [-0.4, -0.2) is 57.8 Å². The average Bonchev–Trinajstić information content (AvgIpc) is 2.68. The van der Waals surface area contributed by atoms with Crippen LogP contribution in [0.25, 0.3) is 0 Å². The first-order valence-electron chi connectivity index (χ1n) is 5.62. The normalized spacial score (nSPS) is 22.9. The lowest BCUT2D eigenvalue weighted by atomic mass is 10.1. The minimum absolute atomic E-state index is 0.168. The summed E-state index contributed by atoms with van der Waals surface area (Å²) in [4.78, 5) is 2.02. The second-order valence-electron chi connectivity index (χ2n) is 5.19. The molecule has 0 aromatic carbocycles. The Bertz CT molecular complexity index is 319. The van der Waals surface area contributed by atoms with E-state index in [9.17, 15) is 8.42 Å². The molecule has 0 saturated carbocycles. The van der Waals surface area contributed by atoms with E-state index in [4.69, 9.17) is 0 Å². The molecule has 1 unspecified atom stereocenters. The van der Waals surface area contributed by atoms with Crippen LogP contribution in [0.1, 0.15) is 20.3 Å². The third-order valence-corrected chi connectivity index (χ3v) is 5.20. The molecule has 1 aliphatic rings. The van der Waals surface area contributed by atoms with Crippen LogP contribution in [0.15, 0.2) is 0 Å². The number of hydrogen-bond donors (Lipinski definition) is 2. The summed E-state index contributed by atoms with van der Waals surface area (Å²) in [6, 6.07) is 0. The number of nitrogens with one attached hydrogen (secondary N) is 2. The smallest absolute Gasteiger partial charge is 0.215 e. The molecule has 0 amide bonds. The summed E-state index contributed by atoms with van der Waals surface area (Å²) < 4.78 is 26.6. The van der Waals surface area contributed by atoms with Crippen molar-refractivity contribution in [3.05, 3.63) is 0 Å². The summed E-state index contributed by atoms with van der Waals surface area (Å²) >= 11 is 0. The van der Waals surface area contributed by atoms with Gasteiger partial charge in [0.2, 0.25) is 10.0 Å². The Morgan fingerprint density at radius 2 is 2.06 bits per heavy atom. The fourth-order valence-corrected chi connectivity index (χ4v) is 3.00. The molecule has 0 radical (unpaired) electrons. The van der Waals surface area contributed by atoms with Crippen LogP contribution in [0.5, 0.6) is 0 Å². The van der Waals surface area contributed by atoms with Crippen molar-refractivity contribution in [3.63, 3.8) is 0 Å². The molecular weight excluding hydrogens is 226 g/mol. The van der Waals surface area contributed by atoms with Crippen molar-refractivity contribution in [3.8, 4) is 0 Å². The van der Waals surface area contributed by atoms with Gasteiger partial charge in [-0.05, 0) is 40.9 Å². The third kappa shape index (κ3) is 3.41. The Kier molecular flexibility index (Phi) is 4.34. The predicted molar refractivity (Wildman–Crippen MR) is 66.0 cm³/mol. The summed E-state index contributed by atoms with van der Waals surface area (Å²) in [5, 5.41) is 2.80. The molecule has 1 aliphatic heterocycles. The zero-order valence-corrected chi connectivity index (χ0v) is 11.4. The molecule has 0 aromatic rings. The van der Waals surface area contributed by atoms with E-state index in [2.05, 4.69) is 10.0 Å². The van der Waals surface area contributed by atoms with Crippen molar-refractivity contribution >= 4 is 10.0 Å². The Balaban J connectivity index is 2.54. The highest BCUT2D eigenvalue weighted by atomic mass is 32.2. The highest BCUT2D eigenvalue weighted by molar-refractivity contribution is 7.90. The minimum atomic E-state index is -3.17. The number of rotatable bonds is 5. The van der Waals surface area contributed by atoms with E-state index in [1.54, 1.807) is 0 Å². The Morgan fingerprint density at radius 1 is 1.44 bits per heavy atom. The van der Waals surface area contributed by atoms with Crippen LogP contribution < -0.4 is 10.0 Å². The standard InChI is InChI=1S/C10H23N3O2S/c1-10(2,13(3)4)8-12-16(14,15)9-5-6-11-7-9/h9,11-12H,5-8H2,1-4H3. The van der Waals surface area contributed by atoms with Gasteiger partial charge in [0.15, 0.2) is 0 Å². The van der Waals surface area contributed by atoms with E-state index in [0.29, 0.717) is 19.5 Å². The van der Waals surface area contributed by atoms with Crippen molar-refractivity contribution in [2.45, 2.75) is 31.1 Å². The first-order chi connectivity index (χ1) is 7.26. The fraction of sp³-hybridized carbons (Fsp3) is 1.00. The van der Waals surface area contributed by atoms with Crippen molar-refractivity contribution in [2.75, 3.05) is 33.7 Å². The van der Waals surface area contributed by atoms with Gasteiger partial charge >= 0.3 is 0 Å². The first kappa shape index (κ1) is 13.9. The topological polar surface area (TPSA) is 61.4 Å². The van der Waals surface area contributed by atoms with Gasteiger partial charge in [0.25, 0.3) is 0 Å². The lowest BCUT2D eigenvalue weighted by molar-refractivity contribution is 0.198. The number of likely N-dealkylation sites (N-methyl/N-ethyl adjacent to an activating group) is 1. The average molecular weight is 249 g/mol. The van der Waals surface area contributed by atoms with Gasteiger partial charge in [0.05, 0.1) is 5.25 Å². The van der Waals surface area contributed by atoms with E-state index in [1.165, 1.54) is 0 Å². The van der Waals surface area contributed by atoms with Gasteiger partial charge in [-0.25, -0.2) is 13.1 Å². The molecule has 5 nitrogen and oxygen atoms in total. The second kappa shape index (κ2) is 5.00. The maximum atomic E-state index is 11.9. The van der Waals surface area contributed by atoms with Gasteiger partial charge in [-0.3, -0.25) is 0 Å². The zero-order valence-electron chi connectivity index (χ0n) is 10.6. The molecule has 0 aromatic heterocycles. The van der Waals surface area contributed by atoms with Crippen molar-refractivity contribution in [1.29, 1.82) is 0 Å². The Labute approximate surface area is 98.6 Å². The summed E-state index contributed by atoms with van der Waals surface area (Å²) in [6.07, 6.45) is 0.706. The van der Waals surface area contributed by atoms with Gasteiger partial charge in [-0.1, -0.05) is 0 Å². The summed E-state index contributed by atoms with van der Waals surface area (Å²) in [6.45, 7) is 5.84. The maximum Gasteiger partial charge on any atom is 0.215 e. The van der Waals surface area contributed by atoms with Crippen molar-refractivity contribution in [1.82, 2.24) is 14.9 Å². The number of nitrogens with zero attached hydrogens (tertiary/aromatic N) is 1. The van der Waals surface area contributed by atoms with E-state index in [0.717, 1.165) is 6.54 Å². The number of sulfonamides is 1. The van der Waals surface area contributed by atoms with Crippen LogP contribution in [0.2, 0.25) is 0 Å². The van der Waals surface area contributed by atoms with E-state index >= 15 is 0 Å². The van der Waals surface area contributed by atoms with Gasteiger partial charge in [-0.2, -0.15) is 0 Å². The predicted octanol–water partition coefficient (Wildman–Crippen LogP) is -0.392. The largest absolute Gasteiger partial charge is 0.315 e. The third-order valence-electron chi connectivity index (χ3n) is 3.37. The molecule has 1 fully saturated rings. The SMILES string of the molecule is CN(C)C(C)(C)CNS(=O)(=O)C1CCNC1. The Morgan fingerprint density at radius 3 is 2.50 bits per heavy atom. The zero-order chi connectivity index (χ0) is 12.4. The van der Waals surface area contributed by atoms with E-state index in [1.807, 2.05) is 32.8 Å². The molecule has 1 saturated heterocycles. The van der Waals surface area contributed by atoms with Crippen LogP contribution >= 0.6 is 0 Å². The summed E-state index contributed by atoms with van der Waals surface area (Å²) in [5.41, 5.74) is -0.168. The molecule has 96 valence electrons.